The van der Waals surface area contributed by atoms with Gasteiger partial charge in [0.15, 0.2) is 0 Å². The van der Waals surface area contributed by atoms with Gasteiger partial charge in [0, 0.05) is 24.1 Å². The van der Waals surface area contributed by atoms with Crippen molar-refractivity contribution in [3.8, 4) is 0 Å². The molecule has 2 nitrogen and oxygen atoms in total. The molecule has 3 heteroatoms. The van der Waals surface area contributed by atoms with E-state index in [1.807, 2.05) is 43.4 Å². The predicted molar refractivity (Wildman–Crippen MR) is 98.0 cm³/mol. The van der Waals surface area contributed by atoms with E-state index in [0.29, 0.717) is 6.54 Å². The first-order valence-electron chi connectivity index (χ1n) is 7.54. The zero-order valence-corrected chi connectivity index (χ0v) is 14.1. The topological polar surface area (TPSA) is 20.3 Å². The summed E-state index contributed by atoms with van der Waals surface area (Å²) in [5.74, 6) is 0.0460. The highest BCUT2D eigenvalue weighted by Crippen LogP contribution is 2.18. The standard InChI is InChI=1S/C20H19NOS/c1-21(14-15-7-11-19(23-2)12-8-15)20(22)18-10-9-16-5-3-4-6-17(16)13-18/h3-13H,14H2,1-2H3. The molecule has 0 heterocycles. The molecule has 0 unspecified atom stereocenters. The number of carbonyl (C=O) groups excluding carboxylic acids is 1. The van der Waals surface area contributed by atoms with Crippen molar-refractivity contribution in [3.63, 3.8) is 0 Å². The number of rotatable bonds is 4. The van der Waals surface area contributed by atoms with Gasteiger partial charge in [-0.1, -0.05) is 42.5 Å². The fourth-order valence-electron chi connectivity index (χ4n) is 2.62. The van der Waals surface area contributed by atoms with Gasteiger partial charge in [-0.15, -0.1) is 11.8 Å². The van der Waals surface area contributed by atoms with E-state index in [4.69, 9.17) is 0 Å². The lowest BCUT2D eigenvalue weighted by molar-refractivity contribution is 0.0785. The fourth-order valence-corrected chi connectivity index (χ4v) is 3.03. The van der Waals surface area contributed by atoms with E-state index in [1.165, 1.54) is 4.90 Å². The molecule has 0 aliphatic heterocycles. The van der Waals surface area contributed by atoms with E-state index in [9.17, 15) is 4.79 Å². The third-order valence-corrected chi connectivity index (χ3v) is 4.67. The maximum atomic E-state index is 12.6. The number of carbonyl (C=O) groups is 1. The molecule has 0 radical (unpaired) electrons. The van der Waals surface area contributed by atoms with Gasteiger partial charge in [-0.25, -0.2) is 0 Å². The van der Waals surface area contributed by atoms with E-state index in [-0.39, 0.29) is 5.91 Å². The molecule has 1 amide bonds. The summed E-state index contributed by atoms with van der Waals surface area (Å²) in [7, 11) is 1.85. The zero-order chi connectivity index (χ0) is 16.2. The second-order valence-electron chi connectivity index (χ2n) is 5.57. The maximum absolute atomic E-state index is 12.6. The minimum Gasteiger partial charge on any atom is -0.337 e. The van der Waals surface area contributed by atoms with Crippen molar-refractivity contribution in [3.05, 3.63) is 77.9 Å². The molecule has 116 valence electrons. The summed E-state index contributed by atoms with van der Waals surface area (Å²) >= 11 is 1.72. The van der Waals surface area contributed by atoms with Crippen molar-refractivity contribution < 1.29 is 4.79 Å². The third-order valence-electron chi connectivity index (χ3n) is 3.92. The van der Waals surface area contributed by atoms with Crippen molar-refractivity contribution in [2.24, 2.45) is 0 Å². The van der Waals surface area contributed by atoms with Gasteiger partial charge >= 0.3 is 0 Å². The molecule has 0 saturated heterocycles. The minimum atomic E-state index is 0.0460. The van der Waals surface area contributed by atoms with Gasteiger partial charge in [0.1, 0.15) is 0 Å². The molecule has 3 rings (SSSR count). The van der Waals surface area contributed by atoms with Crippen LogP contribution in [0.25, 0.3) is 10.8 Å². The number of nitrogens with zero attached hydrogens (tertiary/aromatic N) is 1. The normalized spacial score (nSPS) is 10.7. The van der Waals surface area contributed by atoms with Crippen LogP contribution >= 0.6 is 11.8 Å². The maximum Gasteiger partial charge on any atom is 0.253 e. The van der Waals surface area contributed by atoms with E-state index in [2.05, 4.69) is 36.6 Å². The smallest absolute Gasteiger partial charge is 0.253 e. The van der Waals surface area contributed by atoms with E-state index in [1.54, 1.807) is 16.7 Å². The van der Waals surface area contributed by atoms with Crippen LogP contribution in [0, 0.1) is 0 Å². The average molecular weight is 321 g/mol. The Morgan fingerprint density at radius 2 is 1.65 bits per heavy atom. The quantitative estimate of drug-likeness (QED) is 0.641. The second-order valence-corrected chi connectivity index (χ2v) is 6.45. The van der Waals surface area contributed by atoms with Gasteiger partial charge in [-0.05, 0) is 46.9 Å². The molecule has 3 aromatic rings. The van der Waals surface area contributed by atoms with E-state index >= 15 is 0 Å². The molecule has 0 atom stereocenters. The van der Waals surface area contributed by atoms with Gasteiger partial charge in [0.25, 0.3) is 5.91 Å². The van der Waals surface area contributed by atoms with Crippen molar-refractivity contribution in [2.45, 2.75) is 11.4 Å². The largest absolute Gasteiger partial charge is 0.337 e. The van der Waals surface area contributed by atoms with Gasteiger partial charge in [0.05, 0.1) is 0 Å². The lowest BCUT2D eigenvalue weighted by atomic mass is 10.1. The number of hydrogen-bond donors (Lipinski definition) is 0. The molecule has 0 spiro atoms. The molecule has 0 bridgehead atoms. The van der Waals surface area contributed by atoms with E-state index < -0.39 is 0 Å². The molecule has 0 aliphatic carbocycles. The Labute approximate surface area is 141 Å². The highest BCUT2D eigenvalue weighted by atomic mass is 32.2. The van der Waals surface area contributed by atoms with Crippen molar-refractivity contribution in [1.29, 1.82) is 0 Å². The SMILES string of the molecule is CSc1ccc(CN(C)C(=O)c2ccc3ccccc3c2)cc1. The predicted octanol–water partition coefficient (Wildman–Crippen LogP) is 4.83. The first kappa shape index (κ1) is 15.6. The lowest BCUT2D eigenvalue weighted by Crippen LogP contribution is -2.26. The number of thioether (sulfide) groups is 1. The van der Waals surface area contributed by atoms with Crippen molar-refractivity contribution in [2.75, 3.05) is 13.3 Å². The molecular weight excluding hydrogens is 302 g/mol. The van der Waals surface area contributed by atoms with Gasteiger partial charge in [-0.2, -0.15) is 0 Å². The van der Waals surface area contributed by atoms with Crippen LogP contribution in [0.1, 0.15) is 15.9 Å². The monoisotopic (exact) mass is 321 g/mol. The third kappa shape index (κ3) is 3.57. The minimum absolute atomic E-state index is 0.0460. The van der Waals surface area contributed by atoms with Gasteiger partial charge in [0.2, 0.25) is 0 Å². The lowest BCUT2D eigenvalue weighted by Gasteiger charge is -2.18. The highest BCUT2D eigenvalue weighted by Gasteiger charge is 2.12. The van der Waals surface area contributed by atoms with E-state index in [0.717, 1.165) is 21.9 Å². The molecule has 0 fully saturated rings. The van der Waals surface area contributed by atoms with Crippen molar-refractivity contribution in [1.82, 2.24) is 4.90 Å². The van der Waals surface area contributed by atoms with Crippen LogP contribution in [-0.4, -0.2) is 24.1 Å². The molecule has 3 aromatic carbocycles. The summed E-state index contributed by atoms with van der Waals surface area (Å²) in [5.41, 5.74) is 1.87. The molecule has 0 saturated carbocycles. The fraction of sp³-hybridized carbons (Fsp3) is 0.150. The van der Waals surface area contributed by atoms with Crippen LogP contribution in [0.2, 0.25) is 0 Å². The van der Waals surface area contributed by atoms with Crippen LogP contribution in [0.4, 0.5) is 0 Å². The number of benzene rings is 3. The summed E-state index contributed by atoms with van der Waals surface area (Å²) in [6, 6.07) is 22.3. The number of amides is 1. The average Bonchev–Trinajstić information content (AvgIpc) is 2.61. The van der Waals surface area contributed by atoms with Gasteiger partial charge < -0.3 is 4.90 Å². The zero-order valence-electron chi connectivity index (χ0n) is 13.3. The first-order valence-corrected chi connectivity index (χ1v) is 8.77. The highest BCUT2D eigenvalue weighted by molar-refractivity contribution is 7.98. The van der Waals surface area contributed by atoms with Crippen LogP contribution < -0.4 is 0 Å². The Morgan fingerprint density at radius 3 is 2.35 bits per heavy atom. The first-order chi connectivity index (χ1) is 11.2. The Hall–Kier alpha value is -2.26. The summed E-state index contributed by atoms with van der Waals surface area (Å²) in [4.78, 5) is 15.6. The Morgan fingerprint density at radius 1 is 0.957 bits per heavy atom. The summed E-state index contributed by atoms with van der Waals surface area (Å²) in [6.45, 7) is 0.611. The summed E-state index contributed by atoms with van der Waals surface area (Å²) < 4.78 is 0. The number of fused-ring (bicyclic) bond motifs is 1. The Bertz CT molecular complexity index is 826. The molecular formula is C20H19NOS. The van der Waals surface area contributed by atoms with Crippen LogP contribution in [-0.2, 0) is 6.54 Å². The molecule has 0 aromatic heterocycles. The van der Waals surface area contributed by atoms with Crippen molar-refractivity contribution >= 4 is 28.4 Å². The number of hydrogen-bond acceptors (Lipinski definition) is 2. The van der Waals surface area contributed by atoms with Crippen LogP contribution in [0.15, 0.2) is 71.6 Å². The molecule has 0 aliphatic rings. The molecule has 0 N–H and O–H groups in total. The Balaban J connectivity index is 1.77. The summed E-state index contributed by atoms with van der Waals surface area (Å²) in [6.07, 6.45) is 2.06. The summed E-state index contributed by atoms with van der Waals surface area (Å²) in [5, 5.41) is 2.25. The van der Waals surface area contributed by atoms with Crippen LogP contribution in [0.3, 0.4) is 0 Å². The van der Waals surface area contributed by atoms with Crippen LogP contribution in [0.5, 0.6) is 0 Å². The molecule has 23 heavy (non-hydrogen) atoms. The second kappa shape index (κ2) is 6.88. The van der Waals surface area contributed by atoms with Gasteiger partial charge in [-0.3, -0.25) is 4.79 Å². The Kier molecular flexibility index (Phi) is 4.68.